The van der Waals surface area contributed by atoms with E-state index in [-0.39, 0.29) is 12.6 Å². The van der Waals surface area contributed by atoms with Crippen molar-refractivity contribution >= 4 is 0 Å². The third-order valence-electron chi connectivity index (χ3n) is 1.50. The number of hydrogen-bond donors (Lipinski definition) is 2. The lowest BCUT2D eigenvalue weighted by Gasteiger charge is -2.19. The quantitative estimate of drug-likeness (QED) is 0.625. The average Bonchev–Trinajstić information content (AvgIpc) is 1.81. The Balaban J connectivity index is 3.36. The van der Waals surface area contributed by atoms with Gasteiger partial charge in [-0.2, -0.15) is 0 Å². The van der Waals surface area contributed by atoms with Crippen molar-refractivity contribution in [3.8, 4) is 0 Å². The van der Waals surface area contributed by atoms with Crippen LogP contribution >= 0.6 is 0 Å². The summed E-state index contributed by atoms with van der Waals surface area (Å²) in [6.45, 7) is 6.64. The third-order valence-corrected chi connectivity index (χ3v) is 1.50. The van der Waals surface area contributed by atoms with Crippen LogP contribution in [-0.4, -0.2) is 17.8 Å². The first-order valence-electron chi connectivity index (χ1n) is 3.82. The van der Waals surface area contributed by atoms with Gasteiger partial charge in [-0.05, 0) is 18.3 Å². The second-order valence-corrected chi connectivity index (χ2v) is 4.04. The number of hydrogen-bond acceptors (Lipinski definition) is 2. The second kappa shape index (κ2) is 3.94. The molecule has 0 aliphatic rings. The van der Waals surface area contributed by atoms with Gasteiger partial charge >= 0.3 is 0 Å². The molecule has 0 bridgehead atoms. The Labute approximate surface area is 63.4 Å². The molecule has 0 amide bonds. The van der Waals surface area contributed by atoms with Crippen LogP contribution in [0.3, 0.4) is 0 Å². The fraction of sp³-hybridized carbons (Fsp3) is 1.00. The molecule has 1 atom stereocenters. The van der Waals surface area contributed by atoms with Crippen molar-refractivity contribution in [3.63, 3.8) is 0 Å². The first-order valence-corrected chi connectivity index (χ1v) is 3.82. The topological polar surface area (TPSA) is 46.2 Å². The van der Waals surface area contributed by atoms with Crippen molar-refractivity contribution in [2.24, 2.45) is 11.1 Å². The standard InChI is InChI=1S/C8H19NO/c1-8(2,3)5-4-7(9)6-10/h7,10H,4-6,9H2,1-3H3/t7-/m1/s1. The predicted molar refractivity (Wildman–Crippen MR) is 43.8 cm³/mol. The van der Waals surface area contributed by atoms with E-state index in [1.54, 1.807) is 0 Å². The molecular weight excluding hydrogens is 126 g/mol. The molecule has 0 aliphatic carbocycles. The highest BCUT2D eigenvalue weighted by Crippen LogP contribution is 2.20. The van der Waals surface area contributed by atoms with Crippen molar-refractivity contribution in [2.75, 3.05) is 6.61 Å². The summed E-state index contributed by atoms with van der Waals surface area (Å²) in [4.78, 5) is 0. The Kier molecular flexibility index (Phi) is 3.91. The van der Waals surface area contributed by atoms with E-state index in [1.165, 1.54) is 0 Å². The van der Waals surface area contributed by atoms with E-state index in [2.05, 4.69) is 20.8 Å². The van der Waals surface area contributed by atoms with E-state index in [4.69, 9.17) is 10.8 Å². The van der Waals surface area contributed by atoms with Crippen LogP contribution in [0.4, 0.5) is 0 Å². The van der Waals surface area contributed by atoms with Crippen molar-refractivity contribution in [1.82, 2.24) is 0 Å². The fourth-order valence-corrected chi connectivity index (χ4v) is 0.710. The first-order chi connectivity index (χ1) is 4.45. The molecule has 3 N–H and O–H groups in total. The smallest absolute Gasteiger partial charge is 0.0582 e. The van der Waals surface area contributed by atoms with Crippen LogP contribution < -0.4 is 5.73 Å². The van der Waals surface area contributed by atoms with Gasteiger partial charge in [0, 0.05) is 6.04 Å². The molecular formula is C8H19NO. The molecule has 0 saturated heterocycles. The molecule has 0 aromatic heterocycles. The maximum atomic E-state index is 8.61. The summed E-state index contributed by atoms with van der Waals surface area (Å²) in [5, 5.41) is 8.61. The summed E-state index contributed by atoms with van der Waals surface area (Å²) in [6.07, 6.45) is 1.99. The molecule has 0 unspecified atom stereocenters. The van der Waals surface area contributed by atoms with Gasteiger partial charge in [-0.25, -0.2) is 0 Å². The molecule has 0 heterocycles. The van der Waals surface area contributed by atoms with Crippen molar-refractivity contribution < 1.29 is 5.11 Å². The second-order valence-electron chi connectivity index (χ2n) is 4.04. The van der Waals surface area contributed by atoms with Crippen LogP contribution in [0, 0.1) is 5.41 Å². The average molecular weight is 145 g/mol. The molecule has 0 saturated carbocycles. The molecule has 0 rings (SSSR count). The summed E-state index contributed by atoms with van der Waals surface area (Å²) in [5.41, 5.74) is 5.87. The number of aliphatic hydroxyl groups excluding tert-OH is 1. The SMILES string of the molecule is CC(C)(C)CC[C@@H](N)CO. The van der Waals surface area contributed by atoms with Gasteiger partial charge in [0.1, 0.15) is 0 Å². The fourth-order valence-electron chi connectivity index (χ4n) is 0.710. The van der Waals surface area contributed by atoms with Crippen LogP contribution in [0.5, 0.6) is 0 Å². The van der Waals surface area contributed by atoms with Crippen molar-refractivity contribution in [2.45, 2.75) is 39.7 Å². The van der Waals surface area contributed by atoms with E-state index >= 15 is 0 Å². The van der Waals surface area contributed by atoms with Gasteiger partial charge in [0.15, 0.2) is 0 Å². The number of aliphatic hydroxyl groups is 1. The molecule has 0 spiro atoms. The maximum Gasteiger partial charge on any atom is 0.0582 e. The number of nitrogens with two attached hydrogens (primary N) is 1. The molecule has 0 aromatic carbocycles. The lowest BCUT2D eigenvalue weighted by Crippen LogP contribution is -2.25. The molecule has 2 heteroatoms. The van der Waals surface area contributed by atoms with Crippen LogP contribution in [-0.2, 0) is 0 Å². The molecule has 2 nitrogen and oxygen atoms in total. The Morgan fingerprint density at radius 3 is 2.20 bits per heavy atom. The van der Waals surface area contributed by atoms with Gasteiger partial charge in [0.25, 0.3) is 0 Å². The summed E-state index contributed by atoms with van der Waals surface area (Å²) in [7, 11) is 0. The van der Waals surface area contributed by atoms with E-state index in [9.17, 15) is 0 Å². The maximum absolute atomic E-state index is 8.61. The highest BCUT2D eigenvalue weighted by atomic mass is 16.3. The largest absolute Gasteiger partial charge is 0.395 e. The third kappa shape index (κ3) is 6.05. The van der Waals surface area contributed by atoms with Gasteiger partial charge in [0.05, 0.1) is 6.61 Å². The van der Waals surface area contributed by atoms with Gasteiger partial charge in [-0.1, -0.05) is 20.8 Å². The minimum atomic E-state index is -0.0285. The lowest BCUT2D eigenvalue weighted by atomic mass is 9.89. The summed E-state index contributed by atoms with van der Waals surface area (Å²) in [5.74, 6) is 0. The van der Waals surface area contributed by atoms with Crippen molar-refractivity contribution in [1.29, 1.82) is 0 Å². The van der Waals surface area contributed by atoms with Gasteiger partial charge in [-0.15, -0.1) is 0 Å². The van der Waals surface area contributed by atoms with E-state index < -0.39 is 0 Å². The van der Waals surface area contributed by atoms with Gasteiger partial charge in [-0.3, -0.25) is 0 Å². The lowest BCUT2D eigenvalue weighted by molar-refractivity contribution is 0.242. The van der Waals surface area contributed by atoms with E-state index in [0.717, 1.165) is 12.8 Å². The van der Waals surface area contributed by atoms with Gasteiger partial charge < -0.3 is 10.8 Å². The summed E-state index contributed by atoms with van der Waals surface area (Å²) in [6, 6.07) is -0.0285. The first kappa shape index (κ1) is 9.92. The molecule has 0 aromatic rings. The van der Waals surface area contributed by atoms with Crippen molar-refractivity contribution in [3.05, 3.63) is 0 Å². The highest BCUT2D eigenvalue weighted by molar-refractivity contribution is 4.66. The molecule has 10 heavy (non-hydrogen) atoms. The molecule has 0 fully saturated rings. The van der Waals surface area contributed by atoms with Crippen LogP contribution in [0.15, 0.2) is 0 Å². The minimum Gasteiger partial charge on any atom is -0.395 e. The predicted octanol–water partition coefficient (Wildman–Crippen LogP) is 1.13. The zero-order valence-corrected chi connectivity index (χ0v) is 7.22. The Bertz CT molecular complexity index is 85.7. The number of rotatable bonds is 3. The Morgan fingerprint density at radius 1 is 1.40 bits per heavy atom. The normalized spacial score (nSPS) is 15.3. The zero-order valence-electron chi connectivity index (χ0n) is 7.22. The highest BCUT2D eigenvalue weighted by Gasteiger charge is 2.11. The Morgan fingerprint density at radius 2 is 1.90 bits per heavy atom. The summed E-state index contributed by atoms with van der Waals surface area (Å²) < 4.78 is 0. The molecule has 0 aliphatic heterocycles. The van der Waals surface area contributed by atoms with E-state index in [0.29, 0.717) is 5.41 Å². The van der Waals surface area contributed by atoms with Crippen LogP contribution in [0.2, 0.25) is 0 Å². The van der Waals surface area contributed by atoms with Crippen LogP contribution in [0.1, 0.15) is 33.6 Å². The summed E-state index contributed by atoms with van der Waals surface area (Å²) >= 11 is 0. The zero-order chi connectivity index (χ0) is 8.20. The van der Waals surface area contributed by atoms with Gasteiger partial charge in [0.2, 0.25) is 0 Å². The molecule has 0 radical (unpaired) electrons. The molecule has 62 valence electrons. The Hall–Kier alpha value is -0.0800. The minimum absolute atomic E-state index is 0.0285. The van der Waals surface area contributed by atoms with Crippen LogP contribution in [0.25, 0.3) is 0 Å². The van der Waals surface area contributed by atoms with E-state index in [1.807, 2.05) is 0 Å². The monoisotopic (exact) mass is 145 g/mol.